The van der Waals surface area contributed by atoms with Crippen molar-refractivity contribution in [2.75, 3.05) is 24.6 Å². The van der Waals surface area contributed by atoms with Crippen LogP contribution in [0.5, 0.6) is 0 Å². The second-order valence-electron chi connectivity index (χ2n) is 3.74. The summed E-state index contributed by atoms with van der Waals surface area (Å²) in [6, 6.07) is -0.213. The van der Waals surface area contributed by atoms with Gasteiger partial charge in [-0.25, -0.2) is 18.2 Å². The van der Waals surface area contributed by atoms with Gasteiger partial charge < -0.3 is 4.90 Å². The zero-order valence-corrected chi connectivity index (χ0v) is 9.56. The summed E-state index contributed by atoms with van der Waals surface area (Å²) in [5, 5.41) is 0. The van der Waals surface area contributed by atoms with E-state index in [1.54, 1.807) is 11.1 Å². The molecule has 0 aromatic carbocycles. The minimum absolute atomic E-state index is 0.0490. The normalized spacial score (nSPS) is 20.4. The van der Waals surface area contributed by atoms with Crippen LogP contribution in [0.1, 0.15) is 6.42 Å². The number of carbonyl (C=O) groups is 1. The fraction of sp³-hybridized carbons (Fsp3) is 0.556. The molecule has 16 heavy (non-hydrogen) atoms. The van der Waals surface area contributed by atoms with Gasteiger partial charge in [-0.3, -0.25) is 4.57 Å². The van der Waals surface area contributed by atoms with E-state index in [9.17, 15) is 13.2 Å². The summed E-state index contributed by atoms with van der Waals surface area (Å²) in [5.41, 5.74) is 0. The first kappa shape index (κ1) is 11.1. The fourth-order valence-electron chi connectivity index (χ4n) is 1.67. The molecule has 6 nitrogen and oxygen atoms in total. The maximum atomic E-state index is 11.9. The summed E-state index contributed by atoms with van der Waals surface area (Å²) in [4.78, 5) is 17.2. The molecular weight excluding hydrogens is 230 g/mol. The third-order valence-corrected chi connectivity index (χ3v) is 4.27. The summed E-state index contributed by atoms with van der Waals surface area (Å²) in [7, 11) is -2.97. The highest BCUT2D eigenvalue weighted by molar-refractivity contribution is 7.91. The molecule has 0 bridgehead atoms. The Hall–Kier alpha value is -1.37. The first-order chi connectivity index (χ1) is 7.58. The van der Waals surface area contributed by atoms with Crippen molar-refractivity contribution in [3.63, 3.8) is 0 Å². The molecule has 2 rings (SSSR count). The van der Waals surface area contributed by atoms with E-state index in [2.05, 4.69) is 4.98 Å². The van der Waals surface area contributed by atoms with Crippen molar-refractivity contribution in [1.82, 2.24) is 14.5 Å². The molecule has 0 radical (unpaired) electrons. The molecule has 1 aliphatic rings. The molecule has 1 saturated heterocycles. The van der Waals surface area contributed by atoms with Gasteiger partial charge in [-0.05, 0) is 6.42 Å². The molecule has 7 heteroatoms. The van der Waals surface area contributed by atoms with Crippen LogP contribution in [0.2, 0.25) is 0 Å². The number of carbonyl (C=O) groups excluding carboxylic acids is 1. The summed E-state index contributed by atoms with van der Waals surface area (Å²) >= 11 is 0. The van der Waals surface area contributed by atoms with E-state index in [1.165, 1.54) is 17.1 Å². The molecule has 1 aromatic rings. The molecule has 0 atom stereocenters. The van der Waals surface area contributed by atoms with E-state index in [0.717, 1.165) is 0 Å². The Labute approximate surface area is 93.8 Å². The maximum Gasteiger partial charge on any atom is 0.329 e. The number of aromatic nitrogens is 2. The first-order valence-corrected chi connectivity index (χ1v) is 6.88. The highest BCUT2D eigenvalue weighted by Gasteiger charge is 2.22. The van der Waals surface area contributed by atoms with Crippen LogP contribution in [0.3, 0.4) is 0 Å². The number of rotatable bonds is 0. The highest BCUT2D eigenvalue weighted by atomic mass is 32.2. The Kier molecular flexibility index (Phi) is 2.95. The van der Waals surface area contributed by atoms with Gasteiger partial charge in [0.25, 0.3) is 0 Å². The van der Waals surface area contributed by atoms with Crippen LogP contribution < -0.4 is 0 Å². The zero-order valence-electron chi connectivity index (χ0n) is 8.74. The molecule has 0 aliphatic carbocycles. The van der Waals surface area contributed by atoms with Crippen LogP contribution in [0.25, 0.3) is 0 Å². The summed E-state index contributed by atoms with van der Waals surface area (Å²) in [6.45, 7) is 0.746. The monoisotopic (exact) mass is 243 g/mol. The van der Waals surface area contributed by atoms with Gasteiger partial charge in [0.15, 0.2) is 9.84 Å². The molecule has 88 valence electrons. The lowest BCUT2D eigenvalue weighted by Crippen LogP contribution is -2.36. The van der Waals surface area contributed by atoms with Crippen LogP contribution in [-0.2, 0) is 9.84 Å². The van der Waals surface area contributed by atoms with Gasteiger partial charge in [-0.1, -0.05) is 0 Å². The maximum absolute atomic E-state index is 11.9. The Morgan fingerprint density at radius 2 is 2.06 bits per heavy atom. The number of nitrogens with zero attached hydrogens (tertiary/aromatic N) is 3. The lowest BCUT2D eigenvalue weighted by Gasteiger charge is -2.19. The van der Waals surface area contributed by atoms with E-state index in [0.29, 0.717) is 13.0 Å². The van der Waals surface area contributed by atoms with Gasteiger partial charge in [0.05, 0.1) is 11.5 Å². The number of imidazole rings is 1. The van der Waals surface area contributed by atoms with Crippen molar-refractivity contribution in [3.05, 3.63) is 18.7 Å². The molecular formula is C9H13N3O3S. The van der Waals surface area contributed by atoms with Crippen molar-refractivity contribution >= 4 is 15.9 Å². The Bertz CT molecular complexity index is 466. The van der Waals surface area contributed by atoms with E-state index < -0.39 is 9.84 Å². The Morgan fingerprint density at radius 3 is 2.75 bits per heavy atom. The standard InChI is InChI=1S/C9H13N3O3S/c13-9(12-4-2-10-8-12)11-3-1-6-16(14,15)7-5-11/h2,4,8H,1,3,5-7H2. The highest BCUT2D eigenvalue weighted by Crippen LogP contribution is 2.06. The molecule has 1 fully saturated rings. The minimum Gasteiger partial charge on any atom is -0.323 e. The third-order valence-electron chi connectivity index (χ3n) is 2.55. The quantitative estimate of drug-likeness (QED) is 0.641. The van der Waals surface area contributed by atoms with Gasteiger partial charge >= 0.3 is 6.03 Å². The third kappa shape index (κ3) is 2.41. The largest absolute Gasteiger partial charge is 0.329 e. The lowest BCUT2D eigenvalue weighted by molar-refractivity contribution is 0.203. The van der Waals surface area contributed by atoms with Gasteiger partial charge in [0.2, 0.25) is 0 Å². The van der Waals surface area contributed by atoms with Gasteiger partial charge in [-0.2, -0.15) is 0 Å². The van der Waals surface area contributed by atoms with Crippen molar-refractivity contribution in [3.8, 4) is 0 Å². The van der Waals surface area contributed by atoms with Crippen LogP contribution in [0.4, 0.5) is 4.79 Å². The van der Waals surface area contributed by atoms with E-state index in [-0.39, 0.29) is 24.1 Å². The van der Waals surface area contributed by atoms with Gasteiger partial charge in [-0.15, -0.1) is 0 Å². The smallest absolute Gasteiger partial charge is 0.323 e. The Morgan fingerprint density at radius 1 is 1.25 bits per heavy atom. The zero-order chi connectivity index (χ0) is 11.6. The SMILES string of the molecule is O=C(N1CCCS(=O)(=O)CC1)n1ccnc1. The second kappa shape index (κ2) is 4.25. The second-order valence-corrected chi connectivity index (χ2v) is 6.05. The summed E-state index contributed by atoms with van der Waals surface area (Å²) in [5.74, 6) is 0.216. The first-order valence-electron chi connectivity index (χ1n) is 5.06. The summed E-state index contributed by atoms with van der Waals surface area (Å²) < 4.78 is 24.1. The molecule has 1 aromatic heterocycles. The molecule has 0 saturated carbocycles. The van der Waals surface area contributed by atoms with Crippen molar-refractivity contribution < 1.29 is 13.2 Å². The number of hydrogen-bond acceptors (Lipinski definition) is 4. The van der Waals surface area contributed by atoms with Crippen LogP contribution >= 0.6 is 0 Å². The fourth-order valence-corrected chi connectivity index (χ4v) is 2.94. The van der Waals surface area contributed by atoms with Crippen LogP contribution in [0, 0.1) is 0 Å². The predicted octanol–water partition coefficient (Wildman–Crippen LogP) is -0.0283. The van der Waals surface area contributed by atoms with Gasteiger partial charge in [0, 0.05) is 25.5 Å². The van der Waals surface area contributed by atoms with E-state index >= 15 is 0 Å². The molecule has 2 heterocycles. The Balaban J connectivity index is 2.09. The predicted molar refractivity (Wildman–Crippen MR) is 57.9 cm³/mol. The number of hydrogen-bond donors (Lipinski definition) is 0. The average Bonchev–Trinajstić information content (AvgIpc) is 2.69. The van der Waals surface area contributed by atoms with Crippen molar-refractivity contribution in [2.24, 2.45) is 0 Å². The van der Waals surface area contributed by atoms with Crippen LogP contribution in [0.15, 0.2) is 18.7 Å². The molecule has 1 aliphatic heterocycles. The van der Waals surface area contributed by atoms with Crippen molar-refractivity contribution in [2.45, 2.75) is 6.42 Å². The lowest BCUT2D eigenvalue weighted by atomic mass is 10.4. The van der Waals surface area contributed by atoms with E-state index in [1.807, 2.05) is 0 Å². The van der Waals surface area contributed by atoms with Gasteiger partial charge in [0.1, 0.15) is 6.33 Å². The minimum atomic E-state index is -2.97. The van der Waals surface area contributed by atoms with E-state index in [4.69, 9.17) is 0 Å². The average molecular weight is 243 g/mol. The molecule has 0 unspecified atom stereocenters. The molecule has 0 spiro atoms. The number of sulfone groups is 1. The van der Waals surface area contributed by atoms with Crippen molar-refractivity contribution in [1.29, 1.82) is 0 Å². The molecule has 1 amide bonds. The molecule has 0 N–H and O–H groups in total. The topological polar surface area (TPSA) is 72.3 Å². The summed E-state index contributed by atoms with van der Waals surface area (Å²) in [6.07, 6.45) is 5.00. The van der Waals surface area contributed by atoms with Crippen LogP contribution in [-0.4, -0.2) is 53.5 Å². The number of amides is 1.